The number of benzene rings is 2. The monoisotopic (exact) mass is 416 g/mol. The first-order chi connectivity index (χ1) is 14.0. The number of hydrogen-bond acceptors (Lipinski definition) is 4. The minimum absolute atomic E-state index is 0.107. The fourth-order valence-corrected chi connectivity index (χ4v) is 2.82. The summed E-state index contributed by atoms with van der Waals surface area (Å²) >= 11 is 5.76. The molecule has 0 aliphatic carbocycles. The van der Waals surface area contributed by atoms with Crippen molar-refractivity contribution in [3.05, 3.63) is 72.3 Å². The van der Waals surface area contributed by atoms with Crippen molar-refractivity contribution in [2.45, 2.75) is 25.5 Å². The van der Waals surface area contributed by atoms with Crippen molar-refractivity contribution in [2.24, 2.45) is 0 Å². The lowest BCUT2D eigenvalue weighted by Gasteiger charge is -2.19. The maximum atomic E-state index is 12.8. The van der Waals surface area contributed by atoms with Gasteiger partial charge in [-0.3, -0.25) is 4.79 Å². The summed E-state index contributed by atoms with van der Waals surface area (Å²) in [6, 6.07) is 15.5. The van der Waals surface area contributed by atoms with Crippen LogP contribution >= 0.6 is 11.6 Å². The van der Waals surface area contributed by atoms with Crippen molar-refractivity contribution in [1.29, 1.82) is 0 Å². The van der Waals surface area contributed by atoms with Gasteiger partial charge in [-0.15, -0.1) is 11.6 Å². The molecule has 0 aromatic heterocycles. The number of alkyl carbamates (subject to hydrolysis) is 1. The quantitative estimate of drug-likeness (QED) is 0.512. The molecule has 2 aromatic rings. The van der Waals surface area contributed by atoms with Crippen LogP contribution in [0.15, 0.2) is 61.2 Å². The van der Waals surface area contributed by atoms with E-state index in [-0.39, 0.29) is 13.2 Å². The molecule has 6 nitrogen and oxygen atoms in total. The minimum atomic E-state index is -0.813. The van der Waals surface area contributed by atoms with E-state index in [1.54, 1.807) is 24.3 Å². The molecule has 0 aliphatic rings. The summed E-state index contributed by atoms with van der Waals surface area (Å²) in [6.45, 7) is 3.68. The van der Waals surface area contributed by atoms with Crippen LogP contribution in [0.4, 0.5) is 10.5 Å². The smallest absolute Gasteiger partial charge is 0.408 e. The van der Waals surface area contributed by atoms with E-state index >= 15 is 0 Å². The molecule has 7 heteroatoms. The van der Waals surface area contributed by atoms with E-state index in [1.807, 2.05) is 30.3 Å². The molecule has 29 heavy (non-hydrogen) atoms. The molecular formula is C22H25ClN2O4. The second-order valence-corrected chi connectivity index (χ2v) is 6.76. The molecule has 2 rings (SSSR count). The van der Waals surface area contributed by atoms with Gasteiger partial charge in [-0.05, 0) is 30.0 Å². The van der Waals surface area contributed by atoms with Crippen LogP contribution < -0.4 is 10.6 Å². The van der Waals surface area contributed by atoms with Crippen molar-refractivity contribution < 1.29 is 19.4 Å². The maximum absolute atomic E-state index is 12.8. The zero-order chi connectivity index (χ0) is 21.1. The molecule has 2 aromatic carbocycles. The number of halogens is 1. The van der Waals surface area contributed by atoms with Gasteiger partial charge in [0.1, 0.15) is 12.6 Å². The van der Waals surface area contributed by atoms with E-state index < -0.39 is 18.0 Å². The van der Waals surface area contributed by atoms with Crippen LogP contribution in [-0.2, 0) is 16.1 Å². The highest BCUT2D eigenvalue weighted by Gasteiger charge is 2.22. The Kier molecular flexibility index (Phi) is 9.21. The third kappa shape index (κ3) is 7.25. The first-order valence-corrected chi connectivity index (χ1v) is 9.80. The summed E-state index contributed by atoms with van der Waals surface area (Å²) in [5.41, 5.74) is 2.47. The topological polar surface area (TPSA) is 87.7 Å². The first kappa shape index (κ1) is 22.5. The van der Waals surface area contributed by atoms with E-state index in [1.165, 1.54) is 0 Å². The third-order valence-corrected chi connectivity index (χ3v) is 4.47. The van der Waals surface area contributed by atoms with Gasteiger partial charge in [0.15, 0.2) is 0 Å². The fraction of sp³-hybridized carbons (Fsp3) is 0.273. The molecule has 0 bridgehead atoms. The SMILES string of the molecule is C=C(CO)c1ccccc1NC(=O)[C@H](CCCCl)NC(=O)OCc1ccccc1. The Hall–Kier alpha value is -2.83. The zero-order valence-corrected chi connectivity index (χ0v) is 16.8. The summed E-state index contributed by atoms with van der Waals surface area (Å²) < 4.78 is 5.21. The third-order valence-electron chi connectivity index (χ3n) is 4.20. The first-order valence-electron chi connectivity index (χ1n) is 9.27. The van der Waals surface area contributed by atoms with Crippen LogP contribution in [0.1, 0.15) is 24.0 Å². The molecule has 0 saturated carbocycles. The number of ether oxygens (including phenoxy) is 1. The lowest BCUT2D eigenvalue weighted by atomic mass is 10.1. The van der Waals surface area contributed by atoms with Gasteiger partial charge in [-0.1, -0.05) is 55.1 Å². The number of hydrogen-bond donors (Lipinski definition) is 3. The van der Waals surface area contributed by atoms with E-state index in [9.17, 15) is 14.7 Å². The molecule has 3 N–H and O–H groups in total. The van der Waals surface area contributed by atoms with Crippen LogP contribution in [0.3, 0.4) is 0 Å². The average Bonchev–Trinajstić information content (AvgIpc) is 2.75. The van der Waals surface area contributed by atoms with Gasteiger partial charge >= 0.3 is 6.09 Å². The number of rotatable bonds is 10. The number of alkyl halides is 1. The number of carbonyl (C=O) groups excluding carboxylic acids is 2. The molecule has 0 aliphatic heterocycles. The van der Waals surface area contributed by atoms with Crippen LogP contribution in [0.5, 0.6) is 0 Å². The molecule has 0 fully saturated rings. The molecule has 1 atom stereocenters. The second-order valence-electron chi connectivity index (χ2n) is 6.39. The van der Waals surface area contributed by atoms with Gasteiger partial charge in [-0.25, -0.2) is 4.79 Å². The van der Waals surface area contributed by atoms with Crippen LogP contribution in [0.25, 0.3) is 5.57 Å². The van der Waals surface area contributed by atoms with Gasteiger partial charge in [0.2, 0.25) is 5.91 Å². The van der Waals surface area contributed by atoms with Crippen molar-refractivity contribution in [1.82, 2.24) is 5.32 Å². The van der Waals surface area contributed by atoms with Gasteiger partial charge in [0, 0.05) is 17.1 Å². The Bertz CT molecular complexity index is 827. The summed E-state index contributed by atoms with van der Waals surface area (Å²) in [5, 5.41) is 14.7. The Morgan fingerprint density at radius 3 is 2.48 bits per heavy atom. The molecule has 0 unspecified atom stereocenters. The normalized spacial score (nSPS) is 11.4. The van der Waals surface area contributed by atoms with Crippen molar-refractivity contribution in [3.8, 4) is 0 Å². The van der Waals surface area contributed by atoms with E-state index in [0.29, 0.717) is 35.5 Å². The molecule has 154 valence electrons. The predicted molar refractivity (Wildman–Crippen MR) is 115 cm³/mol. The summed E-state index contributed by atoms with van der Waals surface area (Å²) in [6.07, 6.45) is 0.222. The van der Waals surface area contributed by atoms with Crippen molar-refractivity contribution in [2.75, 3.05) is 17.8 Å². The largest absolute Gasteiger partial charge is 0.445 e. The number of aliphatic hydroxyl groups is 1. The Morgan fingerprint density at radius 2 is 1.79 bits per heavy atom. The van der Waals surface area contributed by atoms with Gasteiger partial charge in [0.05, 0.1) is 6.61 Å². The number of carbonyl (C=O) groups is 2. The van der Waals surface area contributed by atoms with Crippen LogP contribution in [0, 0.1) is 0 Å². The molecule has 0 heterocycles. The molecule has 0 spiro atoms. The van der Waals surface area contributed by atoms with Gasteiger partial charge < -0.3 is 20.5 Å². The Morgan fingerprint density at radius 1 is 1.10 bits per heavy atom. The van der Waals surface area contributed by atoms with Crippen molar-refractivity contribution in [3.63, 3.8) is 0 Å². The number of nitrogens with one attached hydrogen (secondary N) is 2. The summed E-state index contributed by atoms with van der Waals surface area (Å²) in [7, 11) is 0. The van der Waals surface area contributed by atoms with Crippen molar-refractivity contribution >= 4 is 34.9 Å². The average molecular weight is 417 g/mol. The highest BCUT2D eigenvalue weighted by Crippen LogP contribution is 2.22. The number of amides is 2. The van der Waals surface area contributed by atoms with Crippen LogP contribution in [-0.4, -0.2) is 35.6 Å². The summed E-state index contributed by atoms with van der Waals surface area (Å²) in [5.74, 6) is -0.0347. The molecule has 0 saturated heterocycles. The lowest BCUT2D eigenvalue weighted by molar-refractivity contribution is -0.118. The van der Waals surface area contributed by atoms with Crippen LogP contribution in [0.2, 0.25) is 0 Å². The summed E-state index contributed by atoms with van der Waals surface area (Å²) in [4.78, 5) is 24.9. The lowest BCUT2D eigenvalue weighted by Crippen LogP contribution is -2.44. The Balaban J connectivity index is 2.02. The van der Waals surface area contributed by atoms with E-state index in [4.69, 9.17) is 16.3 Å². The molecular weight excluding hydrogens is 392 g/mol. The number of para-hydroxylation sites is 1. The standard InChI is InChI=1S/C22H25ClN2O4/c1-16(14-26)18-10-5-6-11-19(18)24-21(27)20(12-7-13-23)25-22(28)29-15-17-8-3-2-4-9-17/h2-6,8-11,20,26H,1,7,12-15H2,(H,24,27)(H,25,28)/t20-/m0/s1. The molecule has 0 radical (unpaired) electrons. The highest BCUT2D eigenvalue weighted by atomic mass is 35.5. The maximum Gasteiger partial charge on any atom is 0.408 e. The number of anilines is 1. The Labute approximate surface area is 175 Å². The zero-order valence-electron chi connectivity index (χ0n) is 16.1. The van der Waals surface area contributed by atoms with Gasteiger partial charge in [0.25, 0.3) is 0 Å². The highest BCUT2D eigenvalue weighted by molar-refractivity contribution is 6.17. The van der Waals surface area contributed by atoms with Gasteiger partial charge in [-0.2, -0.15) is 0 Å². The minimum Gasteiger partial charge on any atom is -0.445 e. The van der Waals surface area contributed by atoms with E-state index in [2.05, 4.69) is 17.2 Å². The van der Waals surface area contributed by atoms with E-state index in [0.717, 1.165) is 5.56 Å². The molecule has 2 amide bonds. The number of aliphatic hydroxyl groups excluding tert-OH is 1. The second kappa shape index (κ2) is 11.9. The fourth-order valence-electron chi connectivity index (χ4n) is 2.66. The predicted octanol–water partition coefficient (Wildman–Crippen LogP) is 3.94.